The quantitative estimate of drug-likeness (QED) is 0.319. The minimum absolute atomic E-state index is 1.22. The van der Waals surface area contributed by atoms with E-state index in [1.165, 1.54) is 56.8 Å². The highest BCUT2D eigenvalue weighted by molar-refractivity contribution is 14.1. The van der Waals surface area contributed by atoms with Crippen molar-refractivity contribution in [3.63, 3.8) is 0 Å². The van der Waals surface area contributed by atoms with Gasteiger partial charge in [-0.3, -0.25) is 0 Å². The van der Waals surface area contributed by atoms with Crippen LogP contribution < -0.4 is 0 Å². The normalized spacial score (nSPS) is 10.7. The van der Waals surface area contributed by atoms with Gasteiger partial charge in [0.25, 0.3) is 0 Å². The number of halogens is 2. The van der Waals surface area contributed by atoms with Crippen molar-refractivity contribution in [1.29, 1.82) is 0 Å². The summed E-state index contributed by atoms with van der Waals surface area (Å²) in [6.45, 7) is 0. The SMILES string of the molecule is Ic1ccc(CCCCCCc2ccc(I)cc2)cc1. The molecule has 0 amide bonds. The number of benzene rings is 2. The Morgan fingerprint density at radius 1 is 0.500 bits per heavy atom. The van der Waals surface area contributed by atoms with Crippen LogP contribution in [0.3, 0.4) is 0 Å². The van der Waals surface area contributed by atoms with Crippen molar-refractivity contribution in [3.8, 4) is 0 Å². The van der Waals surface area contributed by atoms with E-state index in [-0.39, 0.29) is 0 Å². The van der Waals surface area contributed by atoms with E-state index in [0.717, 1.165) is 0 Å². The first-order valence-corrected chi connectivity index (χ1v) is 9.39. The molecule has 2 rings (SSSR count). The van der Waals surface area contributed by atoms with Crippen molar-refractivity contribution >= 4 is 45.2 Å². The molecule has 0 saturated heterocycles. The van der Waals surface area contributed by atoms with Crippen molar-refractivity contribution in [1.82, 2.24) is 0 Å². The third kappa shape index (κ3) is 6.12. The minimum Gasteiger partial charge on any atom is -0.0580 e. The zero-order valence-electron chi connectivity index (χ0n) is 11.6. The zero-order valence-corrected chi connectivity index (χ0v) is 15.9. The van der Waals surface area contributed by atoms with Gasteiger partial charge in [0.15, 0.2) is 0 Å². The van der Waals surface area contributed by atoms with Gasteiger partial charge in [-0.15, -0.1) is 0 Å². The van der Waals surface area contributed by atoms with Crippen molar-refractivity contribution in [2.45, 2.75) is 38.5 Å². The van der Waals surface area contributed by atoms with Crippen LogP contribution in [0, 0.1) is 7.14 Å². The summed E-state index contributed by atoms with van der Waals surface area (Å²) in [4.78, 5) is 0. The van der Waals surface area contributed by atoms with E-state index < -0.39 is 0 Å². The first-order valence-electron chi connectivity index (χ1n) is 7.23. The molecule has 0 aromatic heterocycles. The van der Waals surface area contributed by atoms with Crippen LogP contribution in [0.15, 0.2) is 48.5 Å². The van der Waals surface area contributed by atoms with Crippen molar-refractivity contribution in [2.75, 3.05) is 0 Å². The van der Waals surface area contributed by atoms with Gasteiger partial charge in [-0.2, -0.15) is 0 Å². The molecular weight excluding hydrogens is 470 g/mol. The summed E-state index contributed by atoms with van der Waals surface area (Å²) in [6.07, 6.45) is 7.76. The number of aryl methyl sites for hydroxylation is 2. The lowest BCUT2D eigenvalue weighted by Gasteiger charge is -2.03. The molecule has 0 spiro atoms. The maximum absolute atomic E-state index is 2.36. The Bertz CT molecular complexity index is 450. The van der Waals surface area contributed by atoms with Crippen LogP contribution >= 0.6 is 45.2 Å². The number of hydrogen-bond acceptors (Lipinski definition) is 0. The van der Waals surface area contributed by atoms with Gasteiger partial charge >= 0.3 is 0 Å². The fraction of sp³-hybridized carbons (Fsp3) is 0.333. The molecule has 2 heteroatoms. The molecule has 0 unspecified atom stereocenters. The fourth-order valence-electron chi connectivity index (χ4n) is 2.31. The molecule has 0 atom stereocenters. The topological polar surface area (TPSA) is 0 Å². The summed E-state index contributed by atoms with van der Waals surface area (Å²) in [5.74, 6) is 0. The predicted octanol–water partition coefficient (Wildman–Crippen LogP) is 6.24. The van der Waals surface area contributed by atoms with E-state index in [9.17, 15) is 0 Å². The van der Waals surface area contributed by atoms with E-state index in [1.807, 2.05) is 0 Å². The second kappa shape index (κ2) is 9.03. The number of hydrogen-bond donors (Lipinski definition) is 0. The van der Waals surface area contributed by atoms with E-state index in [2.05, 4.69) is 93.7 Å². The van der Waals surface area contributed by atoms with Crippen molar-refractivity contribution in [2.24, 2.45) is 0 Å². The Morgan fingerprint density at radius 3 is 1.20 bits per heavy atom. The van der Waals surface area contributed by atoms with Gasteiger partial charge in [0.1, 0.15) is 0 Å². The lowest BCUT2D eigenvalue weighted by molar-refractivity contribution is 0.640. The maximum Gasteiger partial charge on any atom is 0.0130 e. The Morgan fingerprint density at radius 2 is 0.850 bits per heavy atom. The highest BCUT2D eigenvalue weighted by Gasteiger charge is 1.96. The molecule has 0 nitrogen and oxygen atoms in total. The van der Waals surface area contributed by atoms with Crippen LogP contribution in [0.2, 0.25) is 0 Å². The summed E-state index contributed by atoms with van der Waals surface area (Å²) in [5, 5.41) is 0. The molecule has 0 N–H and O–H groups in total. The third-order valence-electron chi connectivity index (χ3n) is 3.51. The highest BCUT2D eigenvalue weighted by atomic mass is 127. The van der Waals surface area contributed by atoms with Crippen LogP contribution in [0.1, 0.15) is 36.8 Å². The molecular formula is C18H20I2. The molecule has 0 fully saturated rings. The summed E-state index contributed by atoms with van der Waals surface area (Å²) < 4.78 is 2.65. The lowest BCUT2D eigenvalue weighted by atomic mass is 10.0. The van der Waals surface area contributed by atoms with E-state index in [1.54, 1.807) is 0 Å². The average Bonchev–Trinajstić information content (AvgIpc) is 2.46. The molecule has 0 aliphatic heterocycles. The van der Waals surface area contributed by atoms with Crippen LogP contribution in [-0.2, 0) is 12.8 Å². The zero-order chi connectivity index (χ0) is 14.2. The molecule has 20 heavy (non-hydrogen) atoms. The van der Waals surface area contributed by atoms with Gasteiger partial charge in [0.2, 0.25) is 0 Å². The summed E-state index contributed by atoms with van der Waals surface area (Å²) >= 11 is 4.72. The maximum atomic E-state index is 2.36. The average molecular weight is 490 g/mol. The van der Waals surface area contributed by atoms with E-state index in [4.69, 9.17) is 0 Å². The Balaban J connectivity index is 1.57. The highest BCUT2D eigenvalue weighted by Crippen LogP contribution is 2.13. The third-order valence-corrected chi connectivity index (χ3v) is 4.95. The second-order valence-corrected chi connectivity index (χ2v) is 7.66. The molecule has 106 valence electrons. The standard InChI is InChI=1S/C18H20I2/c19-17-11-7-15(8-12-17)5-3-1-2-4-6-16-9-13-18(20)14-10-16/h7-14H,1-6H2. The van der Waals surface area contributed by atoms with Gasteiger partial charge in [-0.05, 0) is 106 Å². The molecule has 0 bridgehead atoms. The molecule has 0 aliphatic carbocycles. The summed E-state index contributed by atoms with van der Waals surface area (Å²) in [6, 6.07) is 17.8. The second-order valence-electron chi connectivity index (χ2n) is 5.17. The van der Waals surface area contributed by atoms with Crippen molar-refractivity contribution < 1.29 is 0 Å². The Kier molecular flexibility index (Phi) is 7.35. The summed E-state index contributed by atoms with van der Waals surface area (Å²) in [7, 11) is 0. The monoisotopic (exact) mass is 490 g/mol. The smallest absolute Gasteiger partial charge is 0.0130 e. The number of rotatable bonds is 7. The van der Waals surface area contributed by atoms with Crippen molar-refractivity contribution in [3.05, 3.63) is 66.8 Å². The predicted molar refractivity (Wildman–Crippen MR) is 104 cm³/mol. The number of unbranched alkanes of at least 4 members (excludes halogenated alkanes) is 3. The molecule has 2 aromatic carbocycles. The Hall–Kier alpha value is -0.100. The lowest BCUT2D eigenvalue weighted by Crippen LogP contribution is -1.89. The van der Waals surface area contributed by atoms with Crippen LogP contribution in [0.25, 0.3) is 0 Å². The van der Waals surface area contributed by atoms with Crippen LogP contribution in [0.5, 0.6) is 0 Å². The van der Waals surface area contributed by atoms with Gasteiger partial charge in [0.05, 0.1) is 0 Å². The molecule has 2 aromatic rings. The van der Waals surface area contributed by atoms with Crippen LogP contribution in [0.4, 0.5) is 0 Å². The van der Waals surface area contributed by atoms with Crippen LogP contribution in [-0.4, -0.2) is 0 Å². The molecule has 0 saturated carbocycles. The summed E-state index contributed by atoms with van der Waals surface area (Å²) in [5.41, 5.74) is 2.95. The molecule has 0 aliphatic rings. The van der Waals surface area contributed by atoms with Gasteiger partial charge < -0.3 is 0 Å². The van der Waals surface area contributed by atoms with Gasteiger partial charge in [-0.1, -0.05) is 37.1 Å². The molecule has 0 radical (unpaired) electrons. The van der Waals surface area contributed by atoms with E-state index in [0.29, 0.717) is 0 Å². The fourth-order valence-corrected chi connectivity index (χ4v) is 3.03. The van der Waals surface area contributed by atoms with Gasteiger partial charge in [0, 0.05) is 7.14 Å². The van der Waals surface area contributed by atoms with Gasteiger partial charge in [-0.25, -0.2) is 0 Å². The Labute approximate surface area is 149 Å². The minimum atomic E-state index is 1.22. The first-order chi connectivity index (χ1) is 9.74. The van der Waals surface area contributed by atoms with E-state index >= 15 is 0 Å². The first kappa shape index (κ1) is 16.3. The molecule has 0 heterocycles. The largest absolute Gasteiger partial charge is 0.0580 e.